The first-order valence-corrected chi connectivity index (χ1v) is 8.73. The molecule has 0 aliphatic carbocycles. The van der Waals surface area contributed by atoms with Gasteiger partial charge in [0.2, 0.25) is 0 Å². The molecule has 1 atom stereocenters. The molecule has 1 unspecified atom stereocenters. The fourth-order valence-electron chi connectivity index (χ4n) is 3.22. The van der Waals surface area contributed by atoms with Crippen LogP contribution in [-0.2, 0) is 6.42 Å². The molecular formula is C17H28N2S. The van der Waals surface area contributed by atoms with Crippen LogP contribution in [-0.4, -0.2) is 30.6 Å². The van der Waals surface area contributed by atoms with Gasteiger partial charge in [-0.1, -0.05) is 32.9 Å². The lowest BCUT2D eigenvalue weighted by molar-refractivity contribution is 0.175. The van der Waals surface area contributed by atoms with Crippen molar-refractivity contribution in [1.82, 2.24) is 0 Å². The summed E-state index contributed by atoms with van der Waals surface area (Å²) < 4.78 is 0. The Hall–Kier alpha value is -0.670. The summed E-state index contributed by atoms with van der Waals surface area (Å²) in [7, 11) is 2.21. The zero-order valence-corrected chi connectivity index (χ0v) is 14.1. The lowest BCUT2D eigenvalue weighted by Gasteiger charge is -2.55. The smallest absolute Gasteiger partial charge is 0.0661 e. The van der Waals surface area contributed by atoms with Crippen molar-refractivity contribution in [2.45, 2.75) is 39.2 Å². The molecule has 1 fully saturated rings. The van der Waals surface area contributed by atoms with Crippen LogP contribution in [0.5, 0.6) is 0 Å². The number of benzene rings is 1. The molecule has 2 nitrogen and oxygen atoms in total. The van der Waals surface area contributed by atoms with Gasteiger partial charge in [0.05, 0.1) is 5.54 Å². The highest BCUT2D eigenvalue weighted by Gasteiger charge is 2.49. The van der Waals surface area contributed by atoms with Gasteiger partial charge >= 0.3 is 0 Å². The fraction of sp³-hybridized carbons (Fsp3) is 0.647. The van der Waals surface area contributed by atoms with Crippen LogP contribution in [0.25, 0.3) is 0 Å². The Morgan fingerprint density at radius 2 is 1.90 bits per heavy atom. The first-order valence-electron chi connectivity index (χ1n) is 7.57. The standard InChI is InChI=1S/C17H28N2S/c1-5-14-6-8-15(9-7-14)19(4)17(12-18)13-20-11-10-16(17,2)3/h6-9H,5,10-13,18H2,1-4H3. The molecule has 1 heterocycles. The van der Waals surface area contributed by atoms with Crippen LogP contribution < -0.4 is 10.6 Å². The molecule has 1 aliphatic rings. The number of hydrogen-bond donors (Lipinski definition) is 1. The molecule has 20 heavy (non-hydrogen) atoms. The maximum Gasteiger partial charge on any atom is 0.0661 e. The van der Waals surface area contributed by atoms with E-state index in [2.05, 4.69) is 57.0 Å². The van der Waals surface area contributed by atoms with Crippen molar-refractivity contribution in [2.24, 2.45) is 11.1 Å². The molecule has 0 aromatic heterocycles. The van der Waals surface area contributed by atoms with Crippen LogP contribution in [0.2, 0.25) is 0 Å². The van der Waals surface area contributed by atoms with Crippen LogP contribution in [0.4, 0.5) is 5.69 Å². The number of thioether (sulfide) groups is 1. The number of rotatable bonds is 4. The number of nitrogens with two attached hydrogens (primary N) is 1. The highest BCUT2D eigenvalue weighted by atomic mass is 32.2. The van der Waals surface area contributed by atoms with Crippen molar-refractivity contribution < 1.29 is 0 Å². The third kappa shape index (κ3) is 2.58. The molecule has 0 spiro atoms. The molecule has 0 saturated carbocycles. The van der Waals surface area contributed by atoms with Crippen molar-refractivity contribution in [3.05, 3.63) is 29.8 Å². The minimum atomic E-state index is 0.0453. The zero-order chi connectivity index (χ0) is 14.8. The fourth-order valence-corrected chi connectivity index (χ4v) is 5.06. The van der Waals surface area contributed by atoms with E-state index in [-0.39, 0.29) is 11.0 Å². The van der Waals surface area contributed by atoms with Crippen LogP contribution in [0, 0.1) is 5.41 Å². The van der Waals surface area contributed by atoms with E-state index in [1.165, 1.54) is 23.4 Å². The molecule has 0 radical (unpaired) electrons. The van der Waals surface area contributed by atoms with E-state index >= 15 is 0 Å². The van der Waals surface area contributed by atoms with Crippen molar-refractivity contribution in [1.29, 1.82) is 0 Å². The molecular weight excluding hydrogens is 264 g/mol. The van der Waals surface area contributed by atoms with Crippen molar-refractivity contribution in [2.75, 3.05) is 30.0 Å². The van der Waals surface area contributed by atoms with E-state index in [0.717, 1.165) is 12.2 Å². The topological polar surface area (TPSA) is 29.3 Å². The van der Waals surface area contributed by atoms with Crippen LogP contribution >= 0.6 is 11.8 Å². The third-order valence-corrected chi connectivity index (χ3v) is 6.36. The van der Waals surface area contributed by atoms with Crippen molar-refractivity contribution in [3.8, 4) is 0 Å². The van der Waals surface area contributed by atoms with E-state index in [1.54, 1.807) is 0 Å². The molecule has 1 aromatic carbocycles. The van der Waals surface area contributed by atoms with Gasteiger partial charge in [-0.25, -0.2) is 0 Å². The predicted octanol–water partition coefficient (Wildman–Crippen LogP) is 3.55. The number of nitrogens with zero attached hydrogens (tertiary/aromatic N) is 1. The maximum atomic E-state index is 6.25. The van der Waals surface area contributed by atoms with E-state index < -0.39 is 0 Å². The average molecular weight is 292 g/mol. The molecule has 112 valence electrons. The largest absolute Gasteiger partial charge is 0.366 e. The second-order valence-electron chi connectivity index (χ2n) is 6.50. The van der Waals surface area contributed by atoms with Gasteiger partial charge < -0.3 is 10.6 Å². The summed E-state index contributed by atoms with van der Waals surface area (Å²) in [5.74, 6) is 2.36. The summed E-state index contributed by atoms with van der Waals surface area (Å²) in [6.07, 6.45) is 2.32. The van der Waals surface area contributed by atoms with Crippen LogP contribution in [0.15, 0.2) is 24.3 Å². The summed E-state index contributed by atoms with van der Waals surface area (Å²) >= 11 is 2.04. The normalized spacial score (nSPS) is 25.4. The number of likely N-dealkylation sites (N-methyl/N-ethyl adjacent to an activating group) is 1. The Bertz CT molecular complexity index is 441. The Morgan fingerprint density at radius 3 is 2.40 bits per heavy atom. The minimum absolute atomic E-state index is 0.0453. The number of hydrogen-bond acceptors (Lipinski definition) is 3. The van der Waals surface area contributed by atoms with E-state index in [9.17, 15) is 0 Å². The van der Waals surface area contributed by atoms with E-state index in [0.29, 0.717) is 6.54 Å². The SMILES string of the molecule is CCc1ccc(N(C)C2(CN)CSCCC2(C)C)cc1. The Kier molecular flexibility index (Phi) is 4.70. The van der Waals surface area contributed by atoms with Gasteiger partial charge in [-0.05, 0) is 41.7 Å². The quantitative estimate of drug-likeness (QED) is 0.920. The van der Waals surface area contributed by atoms with Gasteiger partial charge in [0, 0.05) is 25.0 Å². The first-order chi connectivity index (χ1) is 9.47. The van der Waals surface area contributed by atoms with Gasteiger partial charge in [0.15, 0.2) is 0 Å². The van der Waals surface area contributed by atoms with Crippen molar-refractivity contribution >= 4 is 17.4 Å². The zero-order valence-electron chi connectivity index (χ0n) is 13.3. The third-order valence-electron chi connectivity index (χ3n) is 5.18. The lowest BCUT2D eigenvalue weighted by atomic mass is 9.69. The molecule has 2 rings (SSSR count). The Balaban J connectivity index is 2.34. The molecule has 1 aliphatic heterocycles. The highest BCUT2D eigenvalue weighted by molar-refractivity contribution is 7.99. The molecule has 0 bridgehead atoms. The second kappa shape index (κ2) is 5.98. The van der Waals surface area contributed by atoms with Crippen LogP contribution in [0.3, 0.4) is 0 Å². The Morgan fingerprint density at radius 1 is 1.25 bits per heavy atom. The number of anilines is 1. The van der Waals surface area contributed by atoms with E-state index in [1.807, 2.05) is 11.8 Å². The lowest BCUT2D eigenvalue weighted by Crippen LogP contribution is -2.65. The predicted molar refractivity (Wildman–Crippen MR) is 91.7 cm³/mol. The monoisotopic (exact) mass is 292 g/mol. The summed E-state index contributed by atoms with van der Waals surface area (Å²) in [4.78, 5) is 2.43. The van der Waals surface area contributed by atoms with Gasteiger partial charge in [0.1, 0.15) is 0 Å². The molecule has 3 heteroatoms. The highest BCUT2D eigenvalue weighted by Crippen LogP contribution is 2.46. The van der Waals surface area contributed by atoms with Gasteiger partial charge in [0.25, 0.3) is 0 Å². The van der Waals surface area contributed by atoms with Gasteiger partial charge in [-0.3, -0.25) is 0 Å². The van der Waals surface area contributed by atoms with Crippen LogP contribution in [0.1, 0.15) is 32.8 Å². The van der Waals surface area contributed by atoms with E-state index in [4.69, 9.17) is 5.73 Å². The Labute approximate surface area is 128 Å². The average Bonchev–Trinajstić information content (AvgIpc) is 2.46. The van der Waals surface area contributed by atoms with Crippen molar-refractivity contribution in [3.63, 3.8) is 0 Å². The van der Waals surface area contributed by atoms with Gasteiger partial charge in [-0.15, -0.1) is 0 Å². The maximum absolute atomic E-state index is 6.25. The molecule has 0 amide bonds. The number of aryl methyl sites for hydroxylation is 1. The summed E-state index contributed by atoms with van der Waals surface area (Å²) in [5.41, 5.74) is 9.21. The first kappa shape index (κ1) is 15.7. The summed E-state index contributed by atoms with van der Waals surface area (Å²) in [5, 5.41) is 0. The molecule has 1 aromatic rings. The summed E-state index contributed by atoms with van der Waals surface area (Å²) in [6.45, 7) is 7.65. The van der Waals surface area contributed by atoms with Gasteiger partial charge in [-0.2, -0.15) is 11.8 Å². The summed E-state index contributed by atoms with van der Waals surface area (Å²) in [6, 6.07) is 8.95. The minimum Gasteiger partial charge on any atom is -0.366 e. The molecule has 1 saturated heterocycles. The second-order valence-corrected chi connectivity index (χ2v) is 7.61. The molecule has 2 N–H and O–H groups in total.